The van der Waals surface area contributed by atoms with E-state index in [9.17, 15) is 5.11 Å². The highest BCUT2D eigenvalue weighted by Gasteiger charge is 2.14. The average molecular weight is 254 g/mol. The molecule has 0 aliphatic heterocycles. The molecule has 0 aromatic heterocycles. The second kappa shape index (κ2) is 6.89. The molecule has 4 heteroatoms. The molecular formula is C13H22N2OS. The van der Waals surface area contributed by atoms with E-state index in [1.807, 2.05) is 18.4 Å². The number of nitrogens with one attached hydrogen (secondary N) is 1. The number of hydrogen-bond acceptors (Lipinski definition) is 4. The normalized spacial score (nSPS) is 12.8. The van der Waals surface area contributed by atoms with Crippen LogP contribution in [-0.2, 0) is 6.54 Å². The molecule has 3 nitrogen and oxygen atoms in total. The molecule has 0 radical (unpaired) electrons. The van der Waals surface area contributed by atoms with Crippen molar-refractivity contribution in [3.8, 4) is 0 Å². The van der Waals surface area contributed by atoms with Crippen LogP contribution >= 0.6 is 11.8 Å². The largest absolute Gasteiger partial charge is 0.394 e. The van der Waals surface area contributed by atoms with E-state index < -0.39 is 0 Å². The summed E-state index contributed by atoms with van der Waals surface area (Å²) in [7, 11) is 0. The Kier molecular flexibility index (Phi) is 5.82. The Morgan fingerprint density at radius 1 is 1.41 bits per heavy atom. The molecule has 96 valence electrons. The molecule has 17 heavy (non-hydrogen) atoms. The summed E-state index contributed by atoms with van der Waals surface area (Å²) in [5.41, 5.74) is 7.96. The van der Waals surface area contributed by atoms with E-state index in [0.29, 0.717) is 12.5 Å². The molecule has 0 spiro atoms. The minimum absolute atomic E-state index is 0.0670. The number of benzene rings is 1. The number of hydrogen-bond donors (Lipinski definition) is 3. The van der Waals surface area contributed by atoms with Crippen molar-refractivity contribution < 1.29 is 5.11 Å². The molecule has 0 bridgehead atoms. The summed E-state index contributed by atoms with van der Waals surface area (Å²) in [6.07, 6.45) is 2.05. The van der Waals surface area contributed by atoms with E-state index in [2.05, 4.69) is 25.2 Å². The molecule has 0 amide bonds. The number of aliphatic hydroxyl groups is 1. The summed E-state index contributed by atoms with van der Waals surface area (Å²) in [5, 5.41) is 12.7. The highest BCUT2D eigenvalue weighted by Crippen LogP contribution is 2.27. The fourth-order valence-corrected chi connectivity index (χ4v) is 2.38. The van der Waals surface area contributed by atoms with Crippen molar-refractivity contribution in [2.24, 2.45) is 11.7 Å². The Morgan fingerprint density at radius 3 is 2.59 bits per heavy atom. The first-order valence-corrected chi connectivity index (χ1v) is 7.09. The molecule has 1 aromatic carbocycles. The minimum atomic E-state index is 0.0670. The Bertz CT molecular complexity index is 355. The predicted octanol–water partition coefficient (Wildman–Crippen LogP) is 2.30. The van der Waals surface area contributed by atoms with Crippen LogP contribution in [0.4, 0.5) is 5.69 Å². The zero-order valence-corrected chi connectivity index (χ0v) is 11.6. The lowest BCUT2D eigenvalue weighted by Gasteiger charge is -2.23. The van der Waals surface area contributed by atoms with Crippen molar-refractivity contribution in [3.63, 3.8) is 0 Å². The van der Waals surface area contributed by atoms with E-state index in [1.54, 1.807) is 11.8 Å². The summed E-state index contributed by atoms with van der Waals surface area (Å²) in [5.74, 6) is 0.378. The van der Waals surface area contributed by atoms with E-state index in [4.69, 9.17) is 5.73 Å². The Labute approximate surface area is 108 Å². The van der Waals surface area contributed by atoms with Gasteiger partial charge in [0.25, 0.3) is 0 Å². The summed E-state index contributed by atoms with van der Waals surface area (Å²) < 4.78 is 0. The van der Waals surface area contributed by atoms with Gasteiger partial charge in [0.1, 0.15) is 0 Å². The third kappa shape index (κ3) is 3.63. The van der Waals surface area contributed by atoms with Gasteiger partial charge in [0.2, 0.25) is 0 Å². The maximum atomic E-state index is 9.35. The maximum Gasteiger partial charge on any atom is 0.0635 e. The SMILES string of the molecule is CSc1cccc(NC(CO)C(C)C)c1CN. The number of nitrogens with two attached hydrogens (primary N) is 1. The zero-order valence-electron chi connectivity index (χ0n) is 10.7. The minimum Gasteiger partial charge on any atom is -0.394 e. The fraction of sp³-hybridized carbons (Fsp3) is 0.538. The first-order valence-electron chi connectivity index (χ1n) is 5.87. The van der Waals surface area contributed by atoms with E-state index in [-0.39, 0.29) is 12.6 Å². The lowest BCUT2D eigenvalue weighted by molar-refractivity contribution is 0.249. The Hall–Kier alpha value is -0.710. The highest BCUT2D eigenvalue weighted by atomic mass is 32.2. The summed E-state index contributed by atoms with van der Waals surface area (Å²) in [6, 6.07) is 6.17. The molecule has 1 unspecified atom stereocenters. The number of aliphatic hydroxyl groups excluding tert-OH is 1. The van der Waals surface area contributed by atoms with Gasteiger partial charge in [-0.3, -0.25) is 0 Å². The van der Waals surface area contributed by atoms with Crippen molar-refractivity contribution in [2.75, 3.05) is 18.2 Å². The van der Waals surface area contributed by atoms with Gasteiger partial charge < -0.3 is 16.2 Å². The van der Waals surface area contributed by atoms with Crippen molar-refractivity contribution in [3.05, 3.63) is 23.8 Å². The van der Waals surface area contributed by atoms with Crippen molar-refractivity contribution >= 4 is 17.4 Å². The van der Waals surface area contributed by atoms with Crippen LogP contribution in [0.25, 0.3) is 0 Å². The molecule has 0 aliphatic carbocycles. The maximum absolute atomic E-state index is 9.35. The highest BCUT2D eigenvalue weighted by molar-refractivity contribution is 7.98. The van der Waals surface area contributed by atoms with Crippen molar-refractivity contribution in [1.82, 2.24) is 0 Å². The van der Waals surface area contributed by atoms with Crippen molar-refractivity contribution in [1.29, 1.82) is 0 Å². The van der Waals surface area contributed by atoms with Gasteiger partial charge >= 0.3 is 0 Å². The quantitative estimate of drug-likeness (QED) is 0.682. The number of anilines is 1. The van der Waals surface area contributed by atoms with Gasteiger partial charge in [0.15, 0.2) is 0 Å². The first kappa shape index (κ1) is 14.4. The molecule has 1 atom stereocenters. The van der Waals surface area contributed by atoms with Crippen LogP contribution in [0.3, 0.4) is 0 Å². The summed E-state index contributed by atoms with van der Waals surface area (Å²) in [6.45, 7) is 4.82. The van der Waals surface area contributed by atoms with Crippen LogP contribution in [-0.4, -0.2) is 24.0 Å². The monoisotopic (exact) mass is 254 g/mol. The number of rotatable bonds is 6. The lowest BCUT2D eigenvalue weighted by Crippen LogP contribution is -2.30. The first-order chi connectivity index (χ1) is 8.13. The molecule has 0 saturated heterocycles. The van der Waals surface area contributed by atoms with Gasteiger partial charge in [-0.15, -0.1) is 11.8 Å². The topological polar surface area (TPSA) is 58.3 Å². The predicted molar refractivity (Wildman–Crippen MR) is 75.4 cm³/mol. The van der Waals surface area contributed by atoms with E-state index >= 15 is 0 Å². The average Bonchev–Trinajstić information content (AvgIpc) is 2.34. The molecule has 0 saturated carbocycles. The third-order valence-corrected chi connectivity index (χ3v) is 3.72. The summed E-state index contributed by atoms with van der Waals surface area (Å²) in [4.78, 5) is 1.19. The smallest absolute Gasteiger partial charge is 0.0635 e. The second-order valence-corrected chi connectivity index (χ2v) is 5.22. The van der Waals surface area contributed by atoms with Gasteiger partial charge in [-0.2, -0.15) is 0 Å². The van der Waals surface area contributed by atoms with Crippen LogP contribution < -0.4 is 11.1 Å². The molecule has 4 N–H and O–H groups in total. The molecule has 0 fully saturated rings. The summed E-state index contributed by atoms with van der Waals surface area (Å²) >= 11 is 1.69. The van der Waals surface area contributed by atoms with Gasteiger partial charge in [-0.05, 0) is 24.3 Å². The molecule has 1 aromatic rings. The van der Waals surface area contributed by atoms with Crippen LogP contribution in [0.2, 0.25) is 0 Å². The van der Waals surface area contributed by atoms with Gasteiger partial charge in [0.05, 0.1) is 12.6 Å². The Morgan fingerprint density at radius 2 is 2.12 bits per heavy atom. The third-order valence-electron chi connectivity index (χ3n) is 2.90. The van der Waals surface area contributed by atoms with Gasteiger partial charge in [-0.1, -0.05) is 19.9 Å². The van der Waals surface area contributed by atoms with E-state index in [0.717, 1.165) is 11.3 Å². The zero-order chi connectivity index (χ0) is 12.8. The molecular weight excluding hydrogens is 232 g/mol. The fourth-order valence-electron chi connectivity index (χ4n) is 1.73. The molecule has 1 rings (SSSR count). The van der Waals surface area contributed by atoms with Gasteiger partial charge in [-0.25, -0.2) is 0 Å². The van der Waals surface area contributed by atoms with Crippen LogP contribution in [0, 0.1) is 5.92 Å². The van der Waals surface area contributed by atoms with Gasteiger partial charge in [0, 0.05) is 22.7 Å². The second-order valence-electron chi connectivity index (χ2n) is 4.37. The Balaban J connectivity index is 2.97. The molecule has 0 aliphatic rings. The van der Waals surface area contributed by atoms with Crippen molar-refractivity contribution in [2.45, 2.75) is 31.3 Å². The van der Waals surface area contributed by atoms with Crippen LogP contribution in [0.1, 0.15) is 19.4 Å². The number of thioether (sulfide) groups is 1. The van der Waals surface area contributed by atoms with Crippen LogP contribution in [0.5, 0.6) is 0 Å². The lowest BCUT2D eigenvalue weighted by atomic mass is 10.0. The van der Waals surface area contributed by atoms with E-state index in [1.165, 1.54) is 4.90 Å². The standard InChI is InChI=1S/C13H22N2OS/c1-9(2)12(8-16)15-11-5-4-6-13(17-3)10(11)7-14/h4-6,9,12,15-16H,7-8,14H2,1-3H3. The molecule has 0 heterocycles. The van der Waals surface area contributed by atoms with Crippen LogP contribution in [0.15, 0.2) is 23.1 Å².